The van der Waals surface area contributed by atoms with Gasteiger partial charge in [0.25, 0.3) is 0 Å². The second-order valence-electron chi connectivity index (χ2n) is 6.88. The number of thioether (sulfide) groups is 1. The lowest BCUT2D eigenvalue weighted by Crippen LogP contribution is -2.49. The Kier molecular flexibility index (Phi) is 6.69. The smallest absolute Gasteiger partial charge is 0.231 e. The number of hydrogen-bond acceptors (Lipinski definition) is 4. The summed E-state index contributed by atoms with van der Waals surface area (Å²) in [7, 11) is 0. The molecule has 1 atom stereocenters. The maximum absolute atomic E-state index is 12.2. The molecule has 0 unspecified atom stereocenters. The zero-order chi connectivity index (χ0) is 17.8. The van der Waals surface area contributed by atoms with E-state index in [2.05, 4.69) is 41.7 Å². The lowest BCUT2D eigenvalue weighted by molar-refractivity contribution is -0.120. The molecule has 5 nitrogen and oxygen atoms in total. The molecule has 1 aromatic heterocycles. The van der Waals surface area contributed by atoms with Crippen LogP contribution in [-0.2, 0) is 11.3 Å². The van der Waals surface area contributed by atoms with Gasteiger partial charge in [0.1, 0.15) is 5.54 Å². The third kappa shape index (κ3) is 5.00. The van der Waals surface area contributed by atoms with Gasteiger partial charge >= 0.3 is 0 Å². The molecule has 0 bridgehead atoms. The zero-order valence-electron chi connectivity index (χ0n) is 15.2. The monoisotopic (exact) mass is 336 g/mol. The van der Waals surface area contributed by atoms with Gasteiger partial charge in [-0.1, -0.05) is 39.5 Å². The number of carbonyl (C=O) groups excluding carboxylic acids is 1. The van der Waals surface area contributed by atoms with Crippen LogP contribution in [0.4, 0.5) is 0 Å². The van der Waals surface area contributed by atoms with Crippen molar-refractivity contribution < 1.29 is 4.79 Å². The summed E-state index contributed by atoms with van der Waals surface area (Å²) in [6.45, 7) is 14.9. The van der Waals surface area contributed by atoms with Crippen LogP contribution in [0.15, 0.2) is 5.16 Å². The van der Waals surface area contributed by atoms with Gasteiger partial charge in [-0.05, 0) is 32.6 Å². The number of aryl methyl sites for hydroxylation is 1. The topological polar surface area (TPSA) is 70.7 Å². The number of nitrogens with zero attached hydrogens (tertiary/aromatic N) is 3. The normalized spacial score (nSPS) is 13.9. The number of aromatic nitrogens is 2. The van der Waals surface area contributed by atoms with Crippen LogP contribution >= 0.6 is 11.8 Å². The summed E-state index contributed by atoms with van der Waals surface area (Å²) >= 11 is 1.43. The molecular formula is C17H28N4OS. The Labute approximate surface area is 143 Å². The van der Waals surface area contributed by atoms with Gasteiger partial charge in [-0.2, -0.15) is 5.26 Å². The highest BCUT2D eigenvalue weighted by atomic mass is 32.2. The molecule has 128 valence electrons. The van der Waals surface area contributed by atoms with Crippen molar-refractivity contribution in [3.05, 3.63) is 11.4 Å². The van der Waals surface area contributed by atoms with Gasteiger partial charge in [0.15, 0.2) is 5.16 Å². The lowest BCUT2D eigenvalue weighted by atomic mass is 9.90. The molecule has 6 heteroatoms. The summed E-state index contributed by atoms with van der Waals surface area (Å²) in [5.74, 6) is 0.687. The van der Waals surface area contributed by atoms with Gasteiger partial charge in [-0.25, -0.2) is 4.98 Å². The molecule has 23 heavy (non-hydrogen) atoms. The predicted octanol–water partition coefficient (Wildman–Crippen LogP) is 3.30. The van der Waals surface area contributed by atoms with Crippen molar-refractivity contribution in [2.75, 3.05) is 5.75 Å². The standard InChI is InChI=1S/C17H28N4OS/c1-11(2)8-21-14(6)13(5)19-16(21)23-9-15(22)20-17(7,10-18)12(3)4/h11-12H,8-9H2,1-7H3,(H,20,22)/t17-/m0/s1. The maximum Gasteiger partial charge on any atom is 0.231 e. The van der Waals surface area contributed by atoms with E-state index in [1.54, 1.807) is 6.92 Å². The van der Waals surface area contributed by atoms with Crippen LogP contribution in [0.3, 0.4) is 0 Å². The van der Waals surface area contributed by atoms with Crippen LogP contribution in [0.25, 0.3) is 0 Å². The Morgan fingerprint density at radius 1 is 1.39 bits per heavy atom. The number of hydrogen-bond donors (Lipinski definition) is 1. The SMILES string of the molecule is Cc1nc(SCC(=O)N[C@@](C)(C#N)C(C)C)n(CC(C)C)c1C. The quantitative estimate of drug-likeness (QED) is 0.776. The number of nitrogens with one attached hydrogen (secondary N) is 1. The Balaban J connectivity index is 2.77. The highest BCUT2D eigenvalue weighted by Crippen LogP contribution is 2.23. The molecule has 1 rings (SSSR count). The minimum absolute atomic E-state index is 0.0499. The van der Waals surface area contributed by atoms with Crippen molar-refractivity contribution in [1.29, 1.82) is 5.26 Å². The molecule has 0 aromatic carbocycles. The Morgan fingerprint density at radius 2 is 2.00 bits per heavy atom. The van der Waals surface area contributed by atoms with Crippen molar-refractivity contribution in [2.24, 2.45) is 11.8 Å². The average molecular weight is 337 g/mol. The Morgan fingerprint density at radius 3 is 2.48 bits per heavy atom. The molecule has 1 aromatic rings. The first kappa shape index (κ1) is 19.6. The number of imidazole rings is 1. The van der Waals surface area contributed by atoms with Gasteiger partial charge < -0.3 is 9.88 Å². The minimum Gasteiger partial charge on any atom is -0.337 e. The molecular weight excluding hydrogens is 308 g/mol. The van der Waals surface area contributed by atoms with E-state index in [1.807, 2.05) is 20.8 Å². The molecule has 0 aliphatic rings. The Hall–Kier alpha value is -1.48. The van der Waals surface area contributed by atoms with Crippen molar-refractivity contribution in [1.82, 2.24) is 14.9 Å². The highest BCUT2D eigenvalue weighted by molar-refractivity contribution is 7.99. The average Bonchev–Trinajstić information content (AvgIpc) is 2.72. The van der Waals surface area contributed by atoms with E-state index >= 15 is 0 Å². The van der Waals surface area contributed by atoms with E-state index in [0.717, 1.165) is 23.1 Å². The third-order valence-electron chi connectivity index (χ3n) is 4.09. The van der Waals surface area contributed by atoms with E-state index in [9.17, 15) is 10.1 Å². The second-order valence-corrected chi connectivity index (χ2v) is 7.82. The largest absolute Gasteiger partial charge is 0.337 e. The van der Waals surface area contributed by atoms with Crippen LogP contribution < -0.4 is 5.32 Å². The molecule has 0 radical (unpaired) electrons. The summed E-state index contributed by atoms with van der Waals surface area (Å²) < 4.78 is 2.17. The number of nitriles is 1. The van der Waals surface area contributed by atoms with Gasteiger partial charge in [0.2, 0.25) is 5.91 Å². The molecule has 1 amide bonds. The summed E-state index contributed by atoms with van der Waals surface area (Å²) in [6, 6.07) is 2.20. The molecule has 1 heterocycles. The molecule has 0 fully saturated rings. The fraction of sp³-hybridized carbons (Fsp3) is 0.706. The van der Waals surface area contributed by atoms with E-state index in [0.29, 0.717) is 5.92 Å². The van der Waals surface area contributed by atoms with E-state index < -0.39 is 5.54 Å². The van der Waals surface area contributed by atoms with Crippen LogP contribution in [0, 0.1) is 37.0 Å². The van der Waals surface area contributed by atoms with E-state index in [1.165, 1.54) is 11.8 Å². The molecule has 0 saturated heterocycles. The van der Waals surface area contributed by atoms with Crippen molar-refractivity contribution in [2.45, 2.75) is 65.7 Å². The fourth-order valence-corrected chi connectivity index (χ4v) is 2.97. The van der Waals surface area contributed by atoms with Crippen LogP contribution in [0.5, 0.6) is 0 Å². The maximum atomic E-state index is 12.2. The molecule has 0 aliphatic carbocycles. The summed E-state index contributed by atoms with van der Waals surface area (Å²) in [5, 5.41) is 13.0. The number of rotatable bonds is 7. The van der Waals surface area contributed by atoms with Crippen molar-refractivity contribution >= 4 is 17.7 Å². The van der Waals surface area contributed by atoms with E-state index in [4.69, 9.17) is 0 Å². The number of amides is 1. The first-order valence-corrected chi connectivity index (χ1v) is 8.98. The predicted molar refractivity (Wildman–Crippen MR) is 94.3 cm³/mol. The molecule has 0 spiro atoms. The summed E-state index contributed by atoms with van der Waals surface area (Å²) in [4.78, 5) is 16.8. The van der Waals surface area contributed by atoms with Gasteiger partial charge in [-0.15, -0.1) is 0 Å². The lowest BCUT2D eigenvalue weighted by Gasteiger charge is -2.27. The van der Waals surface area contributed by atoms with Gasteiger partial charge in [-0.3, -0.25) is 4.79 Å². The van der Waals surface area contributed by atoms with Gasteiger partial charge in [0, 0.05) is 12.2 Å². The van der Waals surface area contributed by atoms with Crippen LogP contribution in [0.2, 0.25) is 0 Å². The molecule has 1 N–H and O–H groups in total. The van der Waals surface area contributed by atoms with E-state index in [-0.39, 0.29) is 17.6 Å². The molecule has 0 saturated carbocycles. The number of carbonyl (C=O) groups is 1. The first-order valence-electron chi connectivity index (χ1n) is 7.99. The van der Waals surface area contributed by atoms with Crippen molar-refractivity contribution in [3.8, 4) is 6.07 Å². The van der Waals surface area contributed by atoms with Crippen LogP contribution in [-0.4, -0.2) is 26.8 Å². The molecule has 0 aliphatic heterocycles. The first-order chi connectivity index (χ1) is 10.6. The minimum atomic E-state index is -0.836. The van der Waals surface area contributed by atoms with Gasteiger partial charge in [0.05, 0.1) is 17.5 Å². The zero-order valence-corrected chi connectivity index (χ0v) is 16.0. The fourth-order valence-electron chi connectivity index (χ4n) is 2.07. The van der Waals surface area contributed by atoms with Crippen LogP contribution in [0.1, 0.15) is 46.0 Å². The second kappa shape index (κ2) is 7.87. The summed E-state index contributed by atoms with van der Waals surface area (Å²) in [6.07, 6.45) is 0. The highest BCUT2D eigenvalue weighted by Gasteiger charge is 2.30. The third-order valence-corrected chi connectivity index (χ3v) is 5.07. The van der Waals surface area contributed by atoms with Crippen molar-refractivity contribution in [3.63, 3.8) is 0 Å². The Bertz CT molecular complexity index is 600. The summed E-state index contributed by atoms with van der Waals surface area (Å²) in [5.41, 5.74) is 1.31.